The van der Waals surface area contributed by atoms with Gasteiger partial charge in [-0.05, 0) is 54.8 Å². The van der Waals surface area contributed by atoms with Crippen molar-refractivity contribution in [2.24, 2.45) is 4.99 Å². The smallest absolute Gasteiger partial charge is 0.191 e. The molecule has 4 nitrogen and oxygen atoms in total. The number of aliphatic imine (C=N–C) groups is 1. The Hall–Kier alpha value is 0.140. The first-order valence-electron chi connectivity index (χ1n) is 7.10. The van der Waals surface area contributed by atoms with Crippen LogP contribution >= 0.6 is 51.2 Å². The molecule has 0 aliphatic carbocycles. The highest BCUT2D eigenvalue weighted by molar-refractivity contribution is 14.0. The lowest BCUT2D eigenvalue weighted by Crippen LogP contribution is -2.37. The Labute approximate surface area is 157 Å². The molecule has 1 rings (SSSR count). The topological polar surface area (TPSA) is 45.7 Å². The Morgan fingerprint density at radius 1 is 1.29 bits per heavy atom. The van der Waals surface area contributed by atoms with E-state index in [4.69, 9.17) is 4.74 Å². The molecule has 0 aliphatic rings. The van der Waals surface area contributed by atoms with E-state index in [0.29, 0.717) is 6.54 Å². The fourth-order valence-corrected chi connectivity index (χ4v) is 3.02. The molecular weight excluding hydrogens is 465 g/mol. The maximum absolute atomic E-state index is 5.32. The van der Waals surface area contributed by atoms with E-state index in [1.165, 1.54) is 4.88 Å². The lowest BCUT2D eigenvalue weighted by molar-refractivity contribution is 0.143. The molecular formula is C14H25BrIN3OS. The standard InChI is InChI=1S/C14H24BrN3OS.HI/c1-3-16-14(17-9-5-6-10-19-4-2)18-11-12-7-8-13(15)20-12;/h7-8H,3-6,9-11H2,1-2H3,(H2,16,17,18);1H. The van der Waals surface area contributed by atoms with Gasteiger partial charge in [-0.25, -0.2) is 4.99 Å². The number of nitrogens with one attached hydrogen (secondary N) is 2. The summed E-state index contributed by atoms with van der Waals surface area (Å²) in [5.41, 5.74) is 0. The number of ether oxygens (including phenoxy) is 1. The average Bonchev–Trinajstić information content (AvgIpc) is 2.85. The summed E-state index contributed by atoms with van der Waals surface area (Å²) in [6, 6.07) is 4.16. The molecule has 0 spiro atoms. The van der Waals surface area contributed by atoms with Crippen molar-refractivity contribution in [1.82, 2.24) is 10.6 Å². The van der Waals surface area contributed by atoms with Gasteiger partial charge in [0.1, 0.15) is 0 Å². The van der Waals surface area contributed by atoms with Crippen molar-refractivity contribution in [1.29, 1.82) is 0 Å². The molecule has 0 saturated heterocycles. The van der Waals surface area contributed by atoms with Crippen molar-refractivity contribution < 1.29 is 4.74 Å². The molecule has 0 atom stereocenters. The summed E-state index contributed by atoms with van der Waals surface area (Å²) >= 11 is 5.19. The molecule has 0 radical (unpaired) electrons. The normalized spacial score (nSPS) is 11.1. The SMILES string of the molecule is CCNC(=NCc1ccc(Br)s1)NCCCCOCC.I. The summed E-state index contributed by atoms with van der Waals surface area (Å²) in [6.07, 6.45) is 2.17. The molecule has 1 heterocycles. The van der Waals surface area contributed by atoms with Gasteiger partial charge in [-0.15, -0.1) is 35.3 Å². The first-order chi connectivity index (χ1) is 9.76. The third-order valence-electron chi connectivity index (χ3n) is 2.58. The van der Waals surface area contributed by atoms with Crippen LogP contribution < -0.4 is 10.6 Å². The van der Waals surface area contributed by atoms with Gasteiger partial charge in [0.2, 0.25) is 0 Å². The van der Waals surface area contributed by atoms with Crippen LogP contribution in [0.25, 0.3) is 0 Å². The Bertz CT molecular complexity index is 401. The number of nitrogens with zero attached hydrogens (tertiary/aromatic N) is 1. The van der Waals surface area contributed by atoms with Gasteiger partial charge in [0, 0.05) is 31.2 Å². The number of thiophene rings is 1. The number of hydrogen-bond acceptors (Lipinski definition) is 3. The monoisotopic (exact) mass is 489 g/mol. The van der Waals surface area contributed by atoms with Gasteiger partial charge in [0.05, 0.1) is 10.3 Å². The molecule has 1 aromatic rings. The Kier molecular flexibility index (Phi) is 13.9. The second-order valence-corrected chi connectivity index (χ2v) is 6.78. The third-order valence-corrected chi connectivity index (χ3v) is 4.19. The van der Waals surface area contributed by atoms with Gasteiger partial charge in [-0.2, -0.15) is 0 Å². The maximum atomic E-state index is 5.32. The van der Waals surface area contributed by atoms with Crippen molar-refractivity contribution in [2.75, 3.05) is 26.3 Å². The largest absolute Gasteiger partial charge is 0.382 e. The zero-order valence-corrected chi connectivity index (χ0v) is 17.4. The Morgan fingerprint density at radius 3 is 2.71 bits per heavy atom. The molecule has 0 aliphatic heterocycles. The highest BCUT2D eigenvalue weighted by Gasteiger charge is 1.99. The summed E-state index contributed by atoms with van der Waals surface area (Å²) in [6.45, 7) is 8.25. The summed E-state index contributed by atoms with van der Waals surface area (Å²) < 4.78 is 6.47. The minimum Gasteiger partial charge on any atom is -0.382 e. The van der Waals surface area contributed by atoms with Gasteiger partial charge in [-0.1, -0.05) is 0 Å². The zero-order valence-electron chi connectivity index (χ0n) is 12.7. The van der Waals surface area contributed by atoms with Crippen molar-refractivity contribution >= 4 is 57.2 Å². The molecule has 0 aromatic carbocycles. The first-order valence-corrected chi connectivity index (χ1v) is 8.71. The average molecular weight is 490 g/mol. The predicted octanol–water partition coefficient (Wildman–Crippen LogP) is 4.00. The van der Waals surface area contributed by atoms with Crippen molar-refractivity contribution in [3.05, 3.63) is 20.8 Å². The van der Waals surface area contributed by atoms with Crippen LogP contribution in [-0.4, -0.2) is 32.3 Å². The zero-order chi connectivity index (χ0) is 14.6. The van der Waals surface area contributed by atoms with Crippen LogP contribution in [-0.2, 0) is 11.3 Å². The lowest BCUT2D eigenvalue weighted by Gasteiger charge is -2.10. The van der Waals surface area contributed by atoms with E-state index in [0.717, 1.165) is 48.9 Å². The number of guanidine groups is 1. The molecule has 0 fully saturated rings. The number of rotatable bonds is 9. The molecule has 0 amide bonds. The van der Waals surface area contributed by atoms with Gasteiger partial charge >= 0.3 is 0 Å². The lowest BCUT2D eigenvalue weighted by atomic mass is 10.3. The molecule has 0 unspecified atom stereocenters. The third kappa shape index (κ3) is 10.5. The molecule has 0 bridgehead atoms. The fourth-order valence-electron chi connectivity index (χ4n) is 1.62. The van der Waals surface area contributed by atoms with Crippen LogP contribution in [0.5, 0.6) is 0 Å². The van der Waals surface area contributed by atoms with E-state index >= 15 is 0 Å². The Morgan fingerprint density at radius 2 is 2.10 bits per heavy atom. The second kappa shape index (κ2) is 13.8. The number of unbranched alkanes of at least 4 members (excludes halogenated alkanes) is 1. The molecule has 0 saturated carbocycles. The van der Waals surface area contributed by atoms with Crippen molar-refractivity contribution in [2.45, 2.75) is 33.2 Å². The maximum Gasteiger partial charge on any atom is 0.191 e. The van der Waals surface area contributed by atoms with Gasteiger partial charge in [0.15, 0.2) is 5.96 Å². The highest BCUT2D eigenvalue weighted by Crippen LogP contribution is 2.22. The number of hydrogen-bond donors (Lipinski definition) is 2. The van der Waals surface area contributed by atoms with Crippen molar-refractivity contribution in [3.63, 3.8) is 0 Å². The van der Waals surface area contributed by atoms with E-state index in [1.54, 1.807) is 11.3 Å². The van der Waals surface area contributed by atoms with Gasteiger partial charge in [0.25, 0.3) is 0 Å². The van der Waals surface area contributed by atoms with Crippen molar-refractivity contribution in [3.8, 4) is 0 Å². The summed E-state index contributed by atoms with van der Waals surface area (Å²) in [4.78, 5) is 5.84. The van der Waals surface area contributed by atoms with Crippen LogP contribution in [0.1, 0.15) is 31.6 Å². The van der Waals surface area contributed by atoms with Crippen LogP contribution in [0.2, 0.25) is 0 Å². The van der Waals surface area contributed by atoms with Gasteiger partial charge < -0.3 is 15.4 Å². The van der Waals surface area contributed by atoms with Crippen LogP contribution in [0, 0.1) is 0 Å². The van der Waals surface area contributed by atoms with E-state index in [1.807, 2.05) is 6.92 Å². The van der Waals surface area contributed by atoms with Crippen LogP contribution in [0.4, 0.5) is 0 Å². The molecule has 2 N–H and O–H groups in total. The minimum atomic E-state index is 0. The minimum absolute atomic E-state index is 0. The molecule has 122 valence electrons. The number of halogens is 2. The highest BCUT2D eigenvalue weighted by atomic mass is 127. The van der Waals surface area contributed by atoms with E-state index < -0.39 is 0 Å². The Balaban J connectivity index is 0.00000400. The summed E-state index contributed by atoms with van der Waals surface area (Å²) in [5, 5.41) is 6.61. The molecule has 7 heteroatoms. The quantitative estimate of drug-likeness (QED) is 0.238. The van der Waals surface area contributed by atoms with Crippen LogP contribution in [0.15, 0.2) is 20.9 Å². The fraction of sp³-hybridized carbons (Fsp3) is 0.643. The van der Waals surface area contributed by atoms with Gasteiger partial charge in [-0.3, -0.25) is 0 Å². The first kappa shape index (κ1) is 21.1. The van der Waals surface area contributed by atoms with E-state index in [9.17, 15) is 0 Å². The molecule has 21 heavy (non-hydrogen) atoms. The van der Waals surface area contributed by atoms with E-state index in [-0.39, 0.29) is 24.0 Å². The summed E-state index contributed by atoms with van der Waals surface area (Å²) in [7, 11) is 0. The predicted molar refractivity (Wildman–Crippen MR) is 106 cm³/mol. The van der Waals surface area contributed by atoms with E-state index in [2.05, 4.69) is 50.6 Å². The van der Waals surface area contributed by atoms with Crippen LogP contribution in [0.3, 0.4) is 0 Å². The second-order valence-electron chi connectivity index (χ2n) is 4.23. The molecule has 1 aromatic heterocycles. The summed E-state index contributed by atoms with van der Waals surface area (Å²) in [5.74, 6) is 0.883.